The number of carbonyl (C=O) groups is 3. The van der Waals surface area contributed by atoms with E-state index in [9.17, 15) is 14.4 Å². The van der Waals surface area contributed by atoms with Gasteiger partial charge in [-0.3, -0.25) is 14.4 Å². The van der Waals surface area contributed by atoms with E-state index in [1.807, 2.05) is 6.08 Å². The van der Waals surface area contributed by atoms with Gasteiger partial charge in [-0.05, 0) is 302 Å². The van der Waals surface area contributed by atoms with Crippen LogP contribution in [-0.4, -0.2) is 131 Å². The quantitative estimate of drug-likeness (QED) is 0.166. The summed E-state index contributed by atoms with van der Waals surface area (Å²) in [6, 6.07) is 0. The predicted octanol–water partition coefficient (Wildman–Crippen LogP) is 23.2. The van der Waals surface area contributed by atoms with Crippen LogP contribution in [0.5, 0.6) is 0 Å². The number of rotatable bonds is 0. The minimum absolute atomic E-state index is 0. The van der Waals surface area contributed by atoms with Crippen LogP contribution in [0.4, 0.5) is 0 Å². The summed E-state index contributed by atoms with van der Waals surface area (Å²) in [7, 11) is 0. The molecule has 0 bridgehead atoms. The van der Waals surface area contributed by atoms with Gasteiger partial charge in [0.05, 0.1) is 79.3 Å². The number of ketones is 3. The Kier molecular flexibility index (Phi) is 23.3. The molecule has 1 unspecified atom stereocenters. The van der Waals surface area contributed by atoms with Crippen molar-refractivity contribution in [1.29, 1.82) is 0 Å². The molecule has 1 radical (unpaired) electrons. The van der Waals surface area contributed by atoms with Crippen molar-refractivity contribution in [2.45, 2.75) is 368 Å². The molecular weight excluding hydrogens is 1660 g/mol. The summed E-state index contributed by atoms with van der Waals surface area (Å²) in [5, 5.41) is 0. The zero-order valence-electron chi connectivity index (χ0n) is 80.6. The zero-order valence-corrected chi connectivity index (χ0v) is 83.5. The molecule has 0 aromatic heterocycles. The van der Waals surface area contributed by atoms with Gasteiger partial charge in [0.1, 0.15) is 11.6 Å². The van der Waals surface area contributed by atoms with Crippen LogP contribution in [0, 0.1) is 167 Å². The average Bonchev–Trinajstić information content (AvgIpc) is 1.56. The van der Waals surface area contributed by atoms with Crippen LogP contribution < -0.4 is 0 Å². The number of fused-ring (bicyclic) bond motifs is 28. The van der Waals surface area contributed by atoms with E-state index in [1.54, 1.807) is 5.57 Å². The Morgan fingerprint density at radius 1 is 0.331 bits per heavy atom. The maximum atomic E-state index is 12.5. The Morgan fingerprint density at radius 3 is 1.34 bits per heavy atom. The third-order valence-electron chi connectivity index (χ3n) is 46.6. The summed E-state index contributed by atoms with van der Waals surface area (Å²) >= 11 is 0. The maximum Gasteiger partial charge on any atom is 0.174 e. The Balaban J connectivity index is 0.0000000970. The summed E-state index contributed by atoms with van der Waals surface area (Å²) < 4.78 is 74.4. The molecular formula is C111H163O15Y-. The molecule has 6 aliphatic heterocycles. The predicted molar refractivity (Wildman–Crippen MR) is 484 cm³/mol. The molecule has 26 aliphatic rings. The van der Waals surface area contributed by atoms with Crippen LogP contribution in [0.3, 0.4) is 0 Å². The fraction of sp³-hybridized carbons (Fsp3) is 0.874. The van der Waals surface area contributed by atoms with E-state index < -0.39 is 0 Å². The second-order valence-electron chi connectivity index (χ2n) is 50.5. The van der Waals surface area contributed by atoms with Crippen molar-refractivity contribution in [3.63, 3.8) is 0 Å². The van der Waals surface area contributed by atoms with E-state index in [0.29, 0.717) is 86.4 Å². The molecule has 20 aliphatic carbocycles. The first-order valence-corrected chi connectivity index (χ1v) is 52.6. The van der Waals surface area contributed by atoms with Gasteiger partial charge in [0.2, 0.25) is 0 Å². The monoisotopic (exact) mass is 1830 g/mol. The van der Waals surface area contributed by atoms with Crippen LogP contribution in [-0.2, 0) is 104 Å². The van der Waals surface area contributed by atoms with Gasteiger partial charge in [0.15, 0.2) is 40.5 Å². The smallest absolute Gasteiger partial charge is 0.174 e. The molecule has 127 heavy (non-hydrogen) atoms. The Hall–Kier alpha value is -1.67. The van der Waals surface area contributed by atoms with E-state index in [-0.39, 0.29) is 105 Å². The van der Waals surface area contributed by atoms with Gasteiger partial charge in [-0.15, -0.1) is 5.41 Å². The first-order valence-electron chi connectivity index (χ1n) is 52.6. The minimum Gasteiger partial charge on any atom is -0.348 e. The van der Waals surface area contributed by atoms with Crippen LogP contribution in [0.25, 0.3) is 0 Å². The van der Waals surface area contributed by atoms with E-state index in [2.05, 4.69) is 108 Å². The molecule has 0 N–H and O–H groups in total. The van der Waals surface area contributed by atoms with Crippen molar-refractivity contribution >= 4 is 17.3 Å². The van der Waals surface area contributed by atoms with Gasteiger partial charge in [-0.2, -0.15) is 6.42 Å². The van der Waals surface area contributed by atoms with Crippen molar-refractivity contribution in [2.24, 2.45) is 160 Å². The molecule has 28 atom stereocenters. The molecule has 6 saturated heterocycles. The number of carbonyl (C=O) groups excluding carboxylic acids is 3. The molecule has 6 heterocycles. The molecule has 24 fully saturated rings. The third-order valence-corrected chi connectivity index (χ3v) is 46.6. The Bertz CT molecular complexity index is 4350. The van der Waals surface area contributed by atoms with Gasteiger partial charge < -0.3 is 63.3 Å². The van der Waals surface area contributed by atoms with Gasteiger partial charge in [0, 0.05) is 130 Å². The van der Waals surface area contributed by atoms with Gasteiger partial charge >= 0.3 is 0 Å². The normalized spacial score (nSPS) is 50.8. The topological polar surface area (TPSA) is 162 Å². The number of hydrogen-bond donors (Lipinski definition) is 0. The third kappa shape index (κ3) is 13.5. The van der Waals surface area contributed by atoms with E-state index in [1.165, 1.54) is 164 Å². The number of allylic oxidation sites excluding steroid dienone is 5. The number of ether oxygens (including phenoxy) is 12. The van der Waals surface area contributed by atoms with Crippen LogP contribution >= 0.6 is 0 Å². The largest absolute Gasteiger partial charge is 0.348 e. The van der Waals surface area contributed by atoms with E-state index in [4.69, 9.17) is 56.8 Å². The summed E-state index contributed by atoms with van der Waals surface area (Å²) in [6.45, 7) is 49.7. The van der Waals surface area contributed by atoms with E-state index >= 15 is 0 Å². The molecule has 0 amide bonds. The Labute approximate surface area is 789 Å². The first-order chi connectivity index (χ1) is 60.1. The van der Waals surface area contributed by atoms with Crippen molar-refractivity contribution in [2.75, 3.05) is 79.3 Å². The van der Waals surface area contributed by atoms with Crippen LogP contribution in [0.15, 0.2) is 59.8 Å². The molecule has 15 nitrogen and oxygen atoms in total. The fourth-order valence-corrected chi connectivity index (χ4v) is 39.2. The Morgan fingerprint density at radius 2 is 0.756 bits per heavy atom. The number of hydrogen-bond acceptors (Lipinski definition) is 15. The van der Waals surface area contributed by atoms with E-state index in [0.717, 1.165) is 248 Å². The maximum absolute atomic E-state index is 12.5. The minimum atomic E-state index is -0.313. The second kappa shape index (κ2) is 32.2. The number of Topliss-reactive ketones (excluding diaryl/α,β-unsaturated/α-hetero) is 2. The molecule has 6 spiro atoms. The van der Waals surface area contributed by atoms with Crippen molar-refractivity contribution < 1.29 is 104 Å². The molecule has 26 rings (SSSR count). The molecule has 18 saturated carbocycles. The van der Waals surface area contributed by atoms with Crippen LogP contribution in [0.2, 0.25) is 0 Å². The standard InChI is InChI=1S/C24H37O4.C24H36O4.C23H34O4.C21H30O.C19H26O2.Y/c1-20-7-4-17-18(21(20,2)10-11-23(16-20)25-12-13-26-23)5-8-22(3)19(17)6-9-24(22)27-14-15-28-24;1-16-14-17-18(21(2)8-9-23(15-20(16)21)25-10-11-26-23)4-6-22(3)19(17)5-7-24(22)27-12-13-28-24;1-20-9-10-22(24-11-12-25-22)15-16(20)3-4-17-18(20)5-7-21(2)19(17)6-8-23(21)26-13-14-27-23;1-13-7-9-20(3)17-8-10-21(4)16(5-6-19(21)22)15(17)12-14(2)18(20)11-13;1-18-9-7-13(20)11-12(18)3-4-14-15-5-6-17(21)19(15,2)10-8-16(14)18;/h7,17-19H,4-6,8-16H2,1-3H3;17-20H,1,4-15H2,2-3H3;3,17-19H,4-15H2,1-2H3;15-18H,1-2,5-12H2,3-4H3;11,14-16H,3-10H2,1-2H3;/q-1;;;;;/t17-,18+,19+,20?,21-,22+;17-,18+,19+,20-,21-,22+;17-,18+,19+,20+,21+;15-,16-,17-,18+,20+,21-;14-,15-,16-,18-,19-;/m00011./s1. The van der Waals surface area contributed by atoms with Crippen molar-refractivity contribution in [1.82, 2.24) is 0 Å². The second-order valence-corrected chi connectivity index (χ2v) is 50.5. The SMILES string of the molecule is C=C1CC[C@@]2(C)[C@@H]3CC[C@@]4(C)C(=O)CC[C@@H]4[C@H]3CC(=C)[C@@H]2C1.C=C1C[C@H]2[C@@H](CC[C@]3(C)[C@@H]2CCC32OCCO2)[C@]2(C)CCC3(C[C@@H]12)OCCO3.CC12[CH-]C[C@H]3[C@@H](CC[C@]4(C)[C@@H]3CCC43OCCO3)[C@]1(C)CCC1(C2)OCCO1.C[C@@]12CCC3(CC1=CC[C@H]1[C@H]2CC[C@]2(C)[C@@H]1CCC21OCCO1)OCCO3.C[C@@]12CC[C@@H]3[C@H](CCC4=CC(=O)CC[C@]43C)[C@H]1CCC2=O.[Y]. The van der Waals surface area contributed by atoms with Gasteiger partial charge in [-0.25, -0.2) is 0 Å². The van der Waals surface area contributed by atoms with Gasteiger partial charge in [0.25, 0.3) is 0 Å². The molecule has 0 aromatic carbocycles. The summed E-state index contributed by atoms with van der Waals surface area (Å²) in [6.07, 6.45) is 52.9. The fourth-order valence-electron chi connectivity index (χ4n) is 39.2. The summed E-state index contributed by atoms with van der Waals surface area (Å²) in [5.41, 5.74) is 9.81. The van der Waals surface area contributed by atoms with Gasteiger partial charge in [-0.1, -0.05) is 141 Å². The van der Waals surface area contributed by atoms with Crippen LogP contribution in [0.1, 0.15) is 333 Å². The zero-order chi connectivity index (χ0) is 87.3. The average molecular weight is 1830 g/mol. The first kappa shape index (κ1) is 91.7. The van der Waals surface area contributed by atoms with Crippen molar-refractivity contribution in [3.05, 3.63) is 66.2 Å². The molecule has 16 heteroatoms. The molecule has 701 valence electrons. The summed E-state index contributed by atoms with van der Waals surface area (Å²) in [5.74, 6) is 11.8. The van der Waals surface area contributed by atoms with Crippen molar-refractivity contribution in [3.8, 4) is 0 Å². The summed E-state index contributed by atoms with van der Waals surface area (Å²) in [4.78, 5) is 36.6. The molecule has 0 aromatic rings.